The van der Waals surface area contributed by atoms with Crippen LogP contribution in [0.25, 0.3) is 0 Å². The SMILES string of the molecule is CCCCCCCC1CCC(C=O)CC1. The summed E-state index contributed by atoms with van der Waals surface area (Å²) in [5.41, 5.74) is 0. The number of rotatable bonds is 7. The van der Waals surface area contributed by atoms with Gasteiger partial charge in [-0.2, -0.15) is 0 Å². The number of hydrogen-bond donors (Lipinski definition) is 0. The molecule has 0 bridgehead atoms. The molecule has 0 aromatic heterocycles. The van der Waals surface area contributed by atoms with E-state index in [1.807, 2.05) is 0 Å². The normalized spacial score (nSPS) is 26.5. The molecule has 1 saturated carbocycles. The summed E-state index contributed by atoms with van der Waals surface area (Å²) in [6.45, 7) is 2.26. The number of aldehydes is 1. The molecule has 1 heteroatoms. The monoisotopic (exact) mass is 210 g/mol. The second-order valence-corrected chi connectivity index (χ2v) is 5.12. The van der Waals surface area contributed by atoms with Crippen LogP contribution in [0.4, 0.5) is 0 Å². The first-order chi connectivity index (χ1) is 7.36. The van der Waals surface area contributed by atoms with E-state index in [1.165, 1.54) is 51.4 Å². The smallest absolute Gasteiger partial charge is 0.123 e. The van der Waals surface area contributed by atoms with E-state index in [0.717, 1.165) is 25.0 Å². The molecule has 0 atom stereocenters. The van der Waals surface area contributed by atoms with Crippen molar-refractivity contribution in [1.82, 2.24) is 0 Å². The van der Waals surface area contributed by atoms with Crippen molar-refractivity contribution >= 4 is 6.29 Å². The molecule has 0 radical (unpaired) electrons. The fraction of sp³-hybridized carbons (Fsp3) is 0.929. The molecule has 0 heterocycles. The van der Waals surface area contributed by atoms with Gasteiger partial charge < -0.3 is 4.79 Å². The van der Waals surface area contributed by atoms with Gasteiger partial charge in [-0.15, -0.1) is 0 Å². The molecule has 0 amide bonds. The number of carbonyl (C=O) groups excluding carboxylic acids is 1. The fourth-order valence-corrected chi connectivity index (χ4v) is 2.65. The third-order valence-electron chi connectivity index (χ3n) is 3.80. The van der Waals surface area contributed by atoms with E-state index in [0.29, 0.717) is 5.92 Å². The van der Waals surface area contributed by atoms with Crippen molar-refractivity contribution in [1.29, 1.82) is 0 Å². The van der Waals surface area contributed by atoms with Crippen LogP contribution in [0, 0.1) is 11.8 Å². The molecule has 1 aliphatic rings. The highest BCUT2D eigenvalue weighted by atomic mass is 16.1. The molecule has 1 rings (SSSR count). The zero-order chi connectivity index (χ0) is 10.9. The van der Waals surface area contributed by atoms with Crippen LogP contribution in [0.3, 0.4) is 0 Å². The summed E-state index contributed by atoms with van der Waals surface area (Å²) < 4.78 is 0. The van der Waals surface area contributed by atoms with Gasteiger partial charge in [-0.25, -0.2) is 0 Å². The van der Waals surface area contributed by atoms with E-state index in [-0.39, 0.29) is 0 Å². The first kappa shape index (κ1) is 12.7. The maximum atomic E-state index is 10.6. The van der Waals surface area contributed by atoms with Crippen molar-refractivity contribution in [3.63, 3.8) is 0 Å². The Kier molecular flexibility index (Phi) is 6.71. The van der Waals surface area contributed by atoms with E-state index in [2.05, 4.69) is 6.92 Å². The first-order valence-electron chi connectivity index (χ1n) is 6.82. The first-order valence-corrected chi connectivity index (χ1v) is 6.82. The molecule has 88 valence electrons. The maximum absolute atomic E-state index is 10.6. The van der Waals surface area contributed by atoms with E-state index >= 15 is 0 Å². The lowest BCUT2D eigenvalue weighted by molar-refractivity contribution is -0.112. The van der Waals surface area contributed by atoms with Crippen LogP contribution in [0.2, 0.25) is 0 Å². The Morgan fingerprint density at radius 1 is 1.00 bits per heavy atom. The molecular weight excluding hydrogens is 184 g/mol. The van der Waals surface area contributed by atoms with E-state index in [1.54, 1.807) is 0 Å². The van der Waals surface area contributed by atoms with Crippen molar-refractivity contribution in [3.05, 3.63) is 0 Å². The summed E-state index contributed by atoms with van der Waals surface area (Å²) in [7, 11) is 0. The predicted octanol–water partition coefficient (Wildman–Crippen LogP) is 4.35. The number of hydrogen-bond acceptors (Lipinski definition) is 1. The minimum absolute atomic E-state index is 0.390. The van der Waals surface area contributed by atoms with Crippen molar-refractivity contribution in [2.75, 3.05) is 0 Å². The average Bonchev–Trinajstić information content (AvgIpc) is 2.30. The Hall–Kier alpha value is -0.330. The van der Waals surface area contributed by atoms with Crippen LogP contribution in [0.1, 0.15) is 71.1 Å². The van der Waals surface area contributed by atoms with Gasteiger partial charge in [-0.1, -0.05) is 45.4 Å². The largest absolute Gasteiger partial charge is 0.303 e. The van der Waals surface area contributed by atoms with Gasteiger partial charge in [0, 0.05) is 5.92 Å². The van der Waals surface area contributed by atoms with Gasteiger partial charge in [0.25, 0.3) is 0 Å². The Labute approximate surface area is 94.6 Å². The summed E-state index contributed by atoms with van der Waals surface area (Å²) >= 11 is 0. The van der Waals surface area contributed by atoms with Crippen LogP contribution in [-0.4, -0.2) is 6.29 Å². The second-order valence-electron chi connectivity index (χ2n) is 5.12. The number of unbranched alkanes of at least 4 members (excludes halogenated alkanes) is 4. The standard InChI is InChI=1S/C14H26O/c1-2-3-4-5-6-7-13-8-10-14(12-15)11-9-13/h12-14H,2-11H2,1H3. The lowest BCUT2D eigenvalue weighted by Gasteiger charge is -2.25. The van der Waals surface area contributed by atoms with Gasteiger partial charge in [0.1, 0.15) is 6.29 Å². The molecule has 0 saturated heterocycles. The lowest BCUT2D eigenvalue weighted by atomic mass is 9.80. The van der Waals surface area contributed by atoms with Gasteiger partial charge in [-0.05, 0) is 31.6 Å². The molecule has 1 aliphatic carbocycles. The topological polar surface area (TPSA) is 17.1 Å². The van der Waals surface area contributed by atoms with Gasteiger partial charge in [-0.3, -0.25) is 0 Å². The molecule has 0 unspecified atom stereocenters. The van der Waals surface area contributed by atoms with Crippen LogP contribution in [-0.2, 0) is 4.79 Å². The van der Waals surface area contributed by atoms with Gasteiger partial charge in [0.15, 0.2) is 0 Å². The van der Waals surface area contributed by atoms with Crippen LogP contribution < -0.4 is 0 Å². The molecule has 0 N–H and O–H groups in total. The van der Waals surface area contributed by atoms with Gasteiger partial charge >= 0.3 is 0 Å². The van der Waals surface area contributed by atoms with E-state index in [9.17, 15) is 4.79 Å². The summed E-state index contributed by atoms with van der Waals surface area (Å²) in [5, 5.41) is 0. The Morgan fingerprint density at radius 2 is 1.67 bits per heavy atom. The highest BCUT2D eigenvalue weighted by molar-refractivity contribution is 5.53. The third-order valence-corrected chi connectivity index (χ3v) is 3.80. The minimum Gasteiger partial charge on any atom is -0.303 e. The highest BCUT2D eigenvalue weighted by Gasteiger charge is 2.19. The summed E-state index contributed by atoms with van der Waals surface area (Å²) in [6, 6.07) is 0. The Morgan fingerprint density at radius 3 is 2.27 bits per heavy atom. The molecule has 0 aromatic carbocycles. The third kappa shape index (κ3) is 5.34. The number of carbonyl (C=O) groups is 1. The zero-order valence-corrected chi connectivity index (χ0v) is 10.2. The Balaban J connectivity index is 1.96. The van der Waals surface area contributed by atoms with Crippen molar-refractivity contribution < 1.29 is 4.79 Å². The average molecular weight is 210 g/mol. The summed E-state index contributed by atoms with van der Waals surface area (Å²) in [5.74, 6) is 1.32. The van der Waals surface area contributed by atoms with Crippen molar-refractivity contribution in [2.45, 2.75) is 71.1 Å². The summed E-state index contributed by atoms with van der Waals surface area (Å²) in [4.78, 5) is 10.6. The molecule has 15 heavy (non-hydrogen) atoms. The van der Waals surface area contributed by atoms with Crippen LogP contribution in [0.15, 0.2) is 0 Å². The molecular formula is C14H26O. The molecule has 1 fully saturated rings. The van der Waals surface area contributed by atoms with Crippen LogP contribution >= 0.6 is 0 Å². The quantitative estimate of drug-likeness (QED) is 0.451. The van der Waals surface area contributed by atoms with Crippen molar-refractivity contribution in [2.24, 2.45) is 11.8 Å². The maximum Gasteiger partial charge on any atom is 0.123 e. The molecule has 0 aliphatic heterocycles. The zero-order valence-electron chi connectivity index (χ0n) is 10.2. The predicted molar refractivity (Wildman–Crippen MR) is 64.9 cm³/mol. The molecule has 0 spiro atoms. The fourth-order valence-electron chi connectivity index (χ4n) is 2.65. The molecule has 1 nitrogen and oxygen atoms in total. The second kappa shape index (κ2) is 7.90. The van der Waals surface area contributed by atoms with Crippen molar-refractivity contribution in [3.8, 4) is 0 Å². The highest BCUT2D eigenvalue weighted by Crippen LogP contribution is 2.30. The molecule has 0 aromatic rings. The van der Waals surface area contributed by atoms with Crippen LogP contribution in [0.5, 0.6) is 0 Å². The van der Waals surface area contributed by atoms with Gasteiger partial charge in [0.05, 0.1) is 0 Å². The van der Waals surface area contributed by atoms with Gasteiger partial charge in [0.2, 0.25) is 0 Å². The minimum atomic E-state index is 0.390. The Bertz CT molecular complexity index is 157. The van der Waals surface area contributed by atoms with E-state index in [4.69, 9.17) is 0 Å². The lowest BCUT2D eigenvalue weighted by Crippen LogP contribution is -2.15. The summed E-state index contributed by atoms with van der Waals surface area (Å²) in [6.07, 6.45) is 14.5. The van der Waals surface area contributed by atoms with E-state index < -0.39 is 0 Å².